The maximum Gasteiger partial charge on any atom is 0.124 e. The summed E-state index contributed by atoms with van der Waals surface area (Å²) in [5, 5.41) is 9.31. The molecule has 20 heavy (non-hydrogen) atoms. The minimum Gasteiger partial charge on any atom is -0.489 e. The van der Waals surface area contributed by atoms with Gasteiger partial charge < -0.3 is 9.84 Å². The zero-order valence-electron chi connectivity index (χ0n) is 11.1. The van der Waals surface area contributed by atoms with Crippen molar-refractivity contribution in [3.8, 4) is 5.75 Å². The van der Waals surface area contributed by atoms with Gasteiger partial charge in [-0.25, -0.2) is 4.39 Å². The fourth-order valence-corrected chi connectivity index (χ4v) is 2.33. The standard InChI is InChI=1S/C16H16BrFO2/c1-11(19)8-12-2-6-15(7-3-12)20-10-13-4-5-14(18)9-16(13)17/h2-7,9,11,19H,8,10H2,1H3. The molecule has 1 atom stereocenters. The van der Waals surface area contributed by atoms with E-state index in [2.05, 4.69) is 15.9 Å². The highest BCUT2D eigenvalue weighted by Gasteiger charge is 2.03. The van der Waals surface area contributed by atoms with Gasteiger partial charge in [0.1, 0.15) is 18.2 Å². The first-order valence-corrected chi connectivity index (χ1v) is 7.17. The Hall–Kier alpha value is -1.39. The lowest BCUT2D eigenvalue weighted by atomic mass is 10.1. The molecule has 0 amide bonds. The van der Waals surface area contributed by atoms with E-state index in [4.69, 9.17) is 4.74 Å². The largest absolute Gasteiger partial charge is 0.489 e. The van der Waals surface area contributed by atoms with Crippen molar-refractivity contribution >= 4 is 15.9 Å². The molecule has 1 N–H and O–H groups in total. The lowest BCUT2D eigenvalue weighted by Crippen LogP contribution is -2.04. The molecule has 2 rings (SSSR count). The monoisotopic (exact) mass is 338 g/mol. The average molecular weight is 339 g/mol. The summed E-state index contributed by atoms with van der Waals surface area (Å²) in [4.78, 5) is 0. The van der Waals surface area contributed by atoms with Gasteiger partial charge in [-0.05, 0) is 43.2 Å². The van der Waals surface area contributed by atoms with Gasteiger partial charge in [0, 0.05) is 10.0 Å². The van der Waals surface area contributed by atoms with Crippen molar-refractivity contribution in [1.82, 2.24) is 0 Å². The van der Waals surface area contributed by atoms with Gasteiger partial charge in [-0.15, -0.1) is 0 Å². The van der Waals surface area contributed by atoms with Gasteiger partial charge >= 0.3 is 0 Å². The molecule has 0 radical (unpaired) electrons. The lowest BCUT2D eigenvalue weighted by molar-refractivity contribution is 0.195. The zero-order valence-corrected chi connectivity index (χ0v) is 12.7. The van der Waals surface area contributed by atoms with Crippen LogP contribution in [0.4, 0.5) is 4.39 Å². The molecular formula is C16H16BrFO2. The molecule has 0 aliphatic rings. The van der Waals surface area contributed by atoms with Crippen molar-refractivity contribution in [2.24, 2.45) is 0 Å². The maximum atomic E-state index is 13.0. The highest BCUT2D eigenvalue weighted by atomic mass is 79.9. The predicted molar refractivity (Wildman–Crippen MR) is 80.3 cm³/mol. The third kappa shape index (κ3) is 4.32. The quantitative estimate of drug-likeness (QED) is 0.889. The molecule has 0 spiro atoms. The summed E-state index contributed by atoms with van der Waals surface area (Å²) >= 11 is 3.31. The van der Waals surface area contributed by atoms with Gasteiger partial charge in [-0.3, -0.25) is 0 Å². The Kier molecular flexibility index (Phi) is 5.15. The number of hydrogen-bond acceptors (Lipinski definition) is 2. The Bertz CT molecular complexity index is 567. The predicted octanol–water partition coefficient (Wildman–Crippen LogP) is 4.09. The van der Waals surface area contributed by atoms with Crippen molar-refractivity contribution in [1.29, 1.82) is 0 Å². The molecule has 106 valence electrons. The molecule has 2 aromatic rings. The van der Waals surface area contributed by atoms with E-state index in [-0.39, 0.29) is 11.9 Å². The molecule has 0 aliphatic heterocycles. The SMILES string of the molecule is CC(O)Cc1ccc(OCc2ccc(F)cc2Br)cc1. The second-order valence-electron chi connectivity index (χ2n) is 4.72. The van der Waals surface area contributed by atoms with E-state index in [0.29, 0.717) is 17.5 Å². The first-order valence-electron chi connectivity index (χ1n) is 6.38. The molecular weight excluding hydrogens is 323 g/mol. The lowest BCUT2D eigenvalue weighted by Gasteiger charge is -2.09. The van der Waals surface area contributed by atoms with Crippen molar-refractivity contribution in [2.75, 3.05) is 0 Å². The van der Waals surface area contributed by atoms with Crippen LogP contribution in [0.2, 0.25) is 0 Å². The third-order valence-corrected chi connectivity index (χ3v) is 3.60. The molecule has 4 heteroatoms. The van der Waals surface area contributed by atoms with Crippen LogP contribution in [0.5, 0.6) is 5.75 Å². The summed E-state index contributed by atoms with van der Waals surface area (Å²) in [6, 6.07) is 12.1. The first kappa shape index (κ1) is 15.0. The highest BCUT2D eigenvalue weighted by molar-refractivity contribution is 9.10. The Labute approximate surface area is 126 Å². The van der Waals surface area contributed by atoms with Crippen LogP contribution in [-0.2, 0) is 13.0 Å². The molecule has 0 aromatic heterocycles. The maximum absolute atomic E-state index is 13.0. The fourth-order valence-electron chi connectivity index (χ4n) is 1.86. The molecule has 0 aliphatic carbocycles. The number of ether oxygens (including phenoxy) is 1. The number of halogens is 2. The van der Waals surface area contributed by atoms with E-state index in [9.17, 15) is 9.50 Å². The normalized spacial score (nSPS) is 12.2. The third-order valence-electron chi connectivity index (χ3n) is 2.86. The number of rotatable bonds is 5. The van der Waals surface area contributed by atoms with Crippen LogP contribution < -0.4 is 4.74 Å². The van der Waals surface area contributed by atoms with Gasteiger partial charge in [-0.1, -0.05) is 34.1 Å². The minimum atomic E-state index is -0.350. The molecule has 0 heterocycles. The van der Waals surface area contributed by atoms with E-state index in [1.807, 2.05) is 24.3 Å². The topological polar surface area (TPSA) is 29.5 Å². The highest BCUT2D eigenvalue weighted by Crippen LogP contribution is 2.21. The molecule has 2 aromatic carbocycles. The van der Waals surface area contributed by atoms with E-state index >= 15 is 0 Å². The van der Waals surface area contributed by atoms with E-state index in [1.165, 1.54) is 12.1 Å². The van der Waals surface area contributed by atoms with Gasteiger partial charge in [0.2, 0.25) is 0 Å². The molecule has 0 saturated carbocycles. The van der Waals surface area contributed by atoms with Crippen molar-refractivity contribution in [3.05, 3.63) is 63.9 Å². The smallest absolute Gasteiger partial charge is 0.124 e. The summed E-state index contributed by atoms with van der Waals surface area (Å²) in [5.74, 6) is 0.471. The van der Waals surface area contributed by atoms with Gasteiger partial charge in [0.15, 0.2) is 0 Å². The summed E-state index contributed by atoms with van der Waals surface area (Å²) < 4.78 is 19.3. The number of hydrogen-bond donors (Lipinski definition) is 1. The molecule has 1 unspecified atom stereocenters. The van der Waals surface area contributed by atoms with Gasteiger partial charge in [0.25, 0.3) is 0 Å². The molecule has 0 bridgehead atoms. The number of benzene rings is 2. The van der Waals surface area contributed by atoms with Crippen LogP contribution >= 0.6 is 15.9 Å². The fraction of sp³-hybridized carbons (Fsp3) is 0.250. The van der Waals surface area contributed by atoms with Crippen molar-refractivity contribution in [3.63, 3.8) is 0 Å². The van der Waals surface area contributed by atoms with Crippen LogP contribution in [0.15, 0.2) is 46.9 Å². The van der Waals surface area contributed by atoms with Crippen LogP contribution in [0.25, 0.3) is 0 Å². The first-order chi connectivity index (χ1) is 9.54. The molecule has 0 fully saturated rings. The van der Waals surface area contributed by atoms with Gasteiger partial charge in [0.05, 0.1) is 6.10 Å². The number of aliphatic hydroxyl groups is 1. The average Bonchev–Trinajstić information content (AvgIpc) is 2.39. The Morgan fingerprint density at radius 2 is 1.90 bits per heavy atom. The molecule has 2 nitrogen and oxygen atoms in total. The van der Waals surface area contributed by atoms with Crippen LogP contribution in [0, 0.1) is 5.82 Å². The Balaban J connectivity index is 1.96. The van der Waals surface area contributed by atoms with Crippen LogP contribution in [0.1, 0.15) is 18.1 Å². The summed E-state index contributed by atoms with van der Waals surface area (Å²) in [6.07, 6.45) is 0.279. The summed E-state index contributed by atoms with van der Waals surface area (Å²) in [5.41, 5.74) is 1.95. The molecule has 0 saturated heterocycles. The van der Waals surface area contributed by atoms with Crippen molar-refractivity contribution in [2.45, 2.75) is 26.1 Å². The second kappa shape index (κ2) is 6.86. The van der Waals surface area contributed by atoms with Crippen molar-refractivity contribution < 1.29 is 14.2 Å². The van der Waals surface area contributed by atoms with E-state index in [1.54, 1.807) is 13.0 Å². The number of aliphatic hydroxyl groups excluding tert-OH is 1. The minimum absolute atomic E-state index is 0.275. The summed E-state index contributed by atoms with van der Waals surface area (Å²) in [6.45, 7) is 2.13. The second-order valence-corrected chi connectivity index (χ2v) is 5.58. The van der Waals surface area contributed by atoms with Gasteiger partial charge in [-0.2, -0.15) is 0 Å². The zero-order chi connectivity index (χ0) is 14.5. The van der Waals surface area contributed by atoms with Crippen LogP contribution in [-0.4, -0.2) is 11.2 Å². The van der Waals surface area contributed by atoms with E-state index < -0.39 is 0 Å². The van der Waals surface area contributed by atoms with E-state index in [0.717, 1.165) is 16.9 Å². The summed E-state index contributed by atoms with van der Waals surface area (Å²) in [7, 11) is 0. The Morgan fingerprint density at radius 3 is 2.50 bits per heavy atom. The Morgan fingerprint density at radius 1 is 1.20 bits per heavy atom. The van der Waals surface area contributed by atoms with Crippen LogP contribution in [0.3, 0.4) is 0 Å².